The summed E-state index contributed by atoms with van der Waals surface area (Å²) < 4.78 is 10.1. The van der Waals surface area contributed by atoms with Crippen LogP contribution in [0.25, 0.3) is 5.57 Å². The predicted molar refractivity (Wildman–Crippen MR) is 63.7 cm³/mol. The Bertz CT molecular complexity index is 408. The van der Waals surface area contributed by atoms with E-state index in [4.69, 9.17) is 9.47 Å². The molecule has 0 radical (unpaired) electrons. The maximum absolute atomic E-state index is 11.5. The fourth-order valence-electron chi connectivity index (χ4n) is 1.32. The van der Waals surface area contributed by atoms with E-state index in [1.54, 1.807) is 12.1 Å². The van der Waals surface area contributed by atoms with Crippen molar-refractivity contribution >= 4 is 11.4 Å². The molecule has 0 atom stereocenters. The third kappa shape index (κ3) is 2.94. The van der Waals surface area contributed by atoms with Crippen molar-refractivity contribution in [2.24, 2.45) is 0 Å². The zero-order valence-electron chi connectivity index (χ0n) is 9.87. The molecule has 0 saturated heterocycles. The van der Waals surface area contributed by atoms with Crippen molar-refractivity contribution in [2.45, 2.75) is 13.8 Å². The summed E-state index contributed by atoms with van der Waals surface area (Å²) in [6.07, 6.45) is 0. The van der Waals surface area contributed by atoms with E-state index in [2.05, 4.69) is 6.58 Å². The molecular formula is C13H16O3. The van der Waals surface area contributed by atoms with E-state index in [9.17, 15) is 4.79 Å². The molecule has 0 aliphatic heterocycles. The van der Waals surface area contributed by atoms with Crippen molar-refractivity contribution in [1.29, 1.82) is 0 Å². The van der Waals surface area contributed by atoms with Gasteiger partial charge >= 0.3 is 0 Å². The van der Waals surface area contributed by atoms with Crippen LogP contribution in [-0.4, -0.2) is 19.7 Å². The van der Waals surface area contributed by atoms with Crippen molar-refractivity contribution < 1.29 is 14.3 Å². The summed E-state index contributed by atoms with van der Waals surface area (Å²) in [5.74, 6) is 0.508. The zero-order chi connectivity index (χ0) is 12.1. The number of hydrogen-bond donors (Lipinski definition) is 0. The van der Waals surface area contributed by atoms with E-state index >= 15 is 0 Å². The monoisotopic (exact) mass is 220 g/mol. The second-order valence-corrected chi connectivity index (χ2v) is 3.60. The first-order valence-electron chi connectivity index (χ1n) is 4.99. The van der Waals surface area contributed by atoms with Gasteiger partial charge in [0.2, 0.25) is 0 Å². The molecule has 1 rings (SSSR count). The Morgan fingerprint density at radius 2 is 2.06 bits per heavy atom. The molecule has 0 aromatic heterocycles. The summed E-state index contributed by atoms with van der Waals surface area (Å²) >= 11 is 0. The summed E-state index contributed by atoms with van der Waals surface area (Å²) in [5.41, 5.74) is 2.41. The fourth-order valence-corrected chi connectivity index (χ4v) is 1.32. The van der Waals surface area contributed by atoms with Crippen LogP contribution in [0.3, 0.4) is 0 Å². The smallest absolute Gasteiger partial charge is 0.188 e. The molecule has 0 aliphatic carbocycles. The number of ether oxygens (including phenoxy) is 2. The van der Waals surface area contributed by atoms with E-state index < -0.39 is 0 Å². The van der Waals surface area contributed by atoms with Gasteiger partial charge < -0.3 is 9.47 Å². The van der Waals surface area contributed by atoms with Crippen molar-refractivity contribution in [3.05, 3.63) is 35.9 Å². The summed E-state index contributed by atoms with van der Waals surface area (Å²) in [6.45, 7) is 7.38. The van der Waals surface area contributed by atoms with E-state index in [1.807, 2.05) is 13.0 Å². The number of benzene rings is 1. The zero-order valence-corrected chi connectivity index (χ0v) is 9.87. The minimum atomic E-state index is -0.0331. The molecule has 1 aromatic carbocycles. The van der Waals surface area contributed by atoms with Gasteiger partial charge in [-0.15, -0.1) is 0 Å². The van der Waals surface area contributed by atoms with Crippen LogP contribution < -0.4 is 4.74 Å². The molecule has 0 spiro atoms. The lowest BCUT2D eigenvalue weighted by Gasteiger charge is -2.10. The number of hydrogen-bond acceptors (Lipinski definition) is 3. The van der Waals surface area contributed by atoms with Crippen LogP contribution in [0, 0.1) is 0 Å². The van der Waals surface area contributed by atoms with E-state index in [-0.39, 0.29) is 12.6 Å². The normalized spacial score (nSPS) is 9.94. The Morgan fingerprint density at radius 3 is 2.56 bits per heavy atom. The fraction of sp³-hybridized carbons (Fsp3) is 0.308. The standard InChI is InChI=1S/C13H16O3/c1-9(2)11-5-6-13(16-8-15-4)12(7-11)10(3)14/h5-7H,1,8H2,2-4H3. The van der Waals surface area contributed by atoms with Gasteiger partial charge in [0, 0.05) is 7.11 Å². The maximum atomic E-state index is 11.5. The highest BCUT2D eigenvalue weighted by Gasteiger charge is 2.09. The Hall–Kier alpha value is -1.61. The number of Topliss-reactive ketones (excluding diaryl/α,β-unsaturated/α-hetero) is 1. The first-order valence-corrected chi connectivity index (χ1v) is 4.99. The van der Waals surface area contributed by atoms with Gasteiger partial charge in [0.25, 0.3) is 0 Å². The molecule has 0 unspecified atom stereocenters. The second kappa shape index (κ2) is 5.47. The Kier molecular flexibility index (Phi) is 4.26. The number of rotatable bonds is 5. The molecule has 1 aromatic rings. The van der Waals surface area contributed by atoms with Gasteiger partial charge in [-0.2, -0.15) is 0 Å². The lowest BCUT2D eigenvalue weighted by molar-refractivity contribution is 0.0503. The molecule has 0 bridgehead atoms. The van der Waals surface area contributed by atoms with Gasteiger partial charge in [-0.1, -0.05) is 18.2 Å². The highest BCUT2D eigenvalue weighted by molar-refractivity contribution is 5.97. The molecule has 0 aliphatic rings. The van der Waals surface area contributed by atoms with Crippen molar-refractivity contribution in [1.82, 2.24) is 0 Å². The lowest BCUT2D eigenvalue weighted by atomic mass is 10.0. The highest BCUT2D eigenvalue weighted by Crippen LogP contribution is 2.23. The van der Waals surface area contributed by atoms with Crippen molar-refractivity contribution in [3.63, 3.8) is 0 Å². The van der Waals surface area contributed by atoms with E-state index in [0.29, 0.717) is 11.3 Å². The average Bonchev–Trinajstić information content (AvgIpc) is 2.25. The first kappa shape index (κ1) is 12.5. The highest BCUT2D eigenvalue weighted by atomic mass is 16.7. The van der Waals surface area contributed by atoms with E-state index in [1.165, 1.54) is 14.0 Å². The van der Waals surface area contributed by atoms with E-state index in [0.717, 1.165) is 11.1 Å². The third-order valence-electron chi connectivity index (χ3n) is 2.18. The summed E-state index contributed by atoms with van der Waals surface area (Å²) in [5, 5.41) is 0. The van der Waals surface area contributed by atoms with Crippen molar-refractivity contribution in [2.75, 3.05) is 13.9 Å². The summed E-state index contributed by atoms with van der Waals surface area (Å²) in [6, 6.07) is 5.43. The van der Waals surface area contributed by atoms with Crippen LogP contribution in [0.5, 0.6) is 5.75 Å². The molecule has 0 heterocycles. The number of methoxy groups -OCH3 is 1. The van der Waals surface area contributed by atoms with Gasteiger partial charge in [0.1, 0.15) is 5.75 Å². The van der Waals surface area contributed by atoms with Crippen LogP contribution in [0.2, 0.25) is 0 Å². The van der Waals surface area contributed by atoms with Crippen LogP contribution >= 0.6 is 0 Å². The molecule has 0 saturated carbocycles. The van der Waals surface area contributed by atoms with Crippen molar-refractivity contribution in [3.8, 4) is 5.75 Å². The molecule has 0 fully saturated rings. The molecule has 0 N–H and O–H groups in total. The quantitative estimate of drug-likeness (QED) is 0.565. The topological polar surface area (TPSA) is 35.5 Å². The summed E-state index contributed by atoms with van der Waals surface area (Å²) in [7, 11) is 1.54. The number of carbonyl (C=O) groups is 1. The molecule has 16 heavy (non-hydrogen) atoms. The minimum Gasteiger partial charge on any atom is -0.467 e. The number of allylic oxidation sites excluding steroid dienone is 1. The molecule has 3 heteroatoms. The van der Waals surface area contributed by atoms with Gasteiger partial charge in [-0.25, -0.2) is 0 Å². The van der Waals surface area contributed by atoms with Crippen LogP contribution in [0.4, 0.5) is 0 Å². The SMILES string of the molecule is C=C(C)c1ccc(OCOC)c(C(C)=O)c1. The Morgan fingerprint density at radius 1 is 1.38 bits per heavy atom. The number of carbonyl (C=O) groups excluding carboxylic acids is 1. The maximum Gasteiger partial charge on any atom is 0.188 e. The average molecular weight is 220 g/mol. The predicted octanol–water partition coefficient (Wildman–Crippen LogP) is 2.91. The molecule has 0 amide bonds. The molecule has 86 valence electrons. The summed E-state index contributed by atoms with van der Waals surface area (Å²) in [4.78, 5) is 11.5. The Balaban J connectivity index is 3.09. The minimum absolute atomic E-state index is 0.0331. The number of ketones is 1. The van der Waals surface area contributed by atoms with Crippen LogP contribution in [-0.2, 0) is 4.74 Å². The van der Waals surface area contributed by atoms with Crippen LogP contribution in [0.15, 0.2) is 24.8 Å². The third-order valence-corrected chi connectivity index (χ3v) is 2.18. The molecular weight excluding hydrogens is 204 g/mol. The largest absolute Gasteiger partial charge is 0.467 e. The van der Waals surface area contributed by atoms with Gasteiger partial charge in [-0.05, 0) is 31.5 Å². The lowest BCUT2D eigenvalue weighted by Crippen LogP contribution is -2.04. The first-order chi connectivity index (χ1) is 7.56. The Labute approximate surface area is 95.7 Å². The van der Waals surface area contributed by atoms with Gasteiger partial charge in [-0.3, -0.25) is 4.79 Å². The van der Waals surface area contributed by atoms with Gasteiger partial charge in [0.15, 0.2) is 12.6 Å². The molecule has 3 nitrogen and oxygen atoms in total. The van der Waals surface area contributed by atoms with Gasteiger partial charge in [0.05, 0.1) is 5.56 Å². The van der Waals surface area contributed by atoms with Crippen LogP contribution in [0.1, 0.15) is 29.8 Å². The second-order valence-electron chi connectivity index (χ2n) is 3.60.